The minimum absolute atomic E-state index is 0.0700. The van der Waals surface area contributed by atoms with E-state index < -0.39 is 5.82 Å². The smallest absolute Gasteiger partial charge is 0.246 e. The summed E-state index contributed by atoms with van der Waals surface area (Å²) in [6.45, 7) is 1.23. The summed E-state index contributed by atoms with van der Waals surface area (Å²) in [5, 5.41) is 0. The second kappa shape index (κ2) is 6.43. The maximum atomic E-state index is 13.0. The third-order valence-electron chi connectivity index (χ3n) is 3.33. The Kier molecular flexibility index (Phi) is 4.63. The Morgan fingerprint density at radius 2 is 2.37 bits per heavy atom. The second-order valence-corrected chi connectivity index (χ2v) is 4.69. The summed E-state index contributed by atoms with van der Waals surface area (Å²) in [5.74, 6) is -0.480. The van der Waals surface area contributed by atoms with Crippen molar-refractivity contribution in [3.8, 4) is 0 Å². The highest BCUT2D eigenvalue weighted by Crippen LogP contribution is 2.16. The summed E-state index contributed by atoms with van der Waals surface area (Å²) in [6.07, 6.45) is 8.78. The van der Waals surface area contributed by atoms with Crippen molar-refractivity contribution in [1.29, 1.82) is 0 Å². The molecule has 5 heteroatoms. The number of aromatic nitrogens is 1. The molecular formula is C14H18FN3O. The van der Waals surface area contributed by atoms with Gasteiger partial charge < -0.3 is 10.6 Å². The predicted molar refractivity (Wildman–Crippen MR) is 71.6 cm³/mol. The number of piperidine rings is 1. The average molecular weight is 263 g/mol. The molecule has 0 bridgehead atoms. The summed E-state index contributed by atoms with van der Waals surface area (Å²) >= 11 is 0. The molecule has 0 saturated carbocycles. The van der Waals surface area contributed by atoms with E-state index in [2.05, 4.69) is 4.98 Å². The van der Waals surface area contributed by atoms with Gasteiger partial charge in [-0.2, -0.15) is 0 Å². The van der Waals surface area contributed by atoms with Crippen molar-refractivity contribution in [2.45, 2.75) is 25.3 Å². The van der Waals surface area contributed by atoms with Gasteiger partial charge in [-0.15, -0.1) is 0 Å². The maximum absolute atomic E-state index is 13.0. The summed E-state index contributed by atoms with van der Waals surface area (Å²) in [7, 11) is 0. The summed E-state index contributed by atoms with van der Waals surface area (Å²) in [6, 6.07) is 1.46. The highest BCUT2D eigenvalue weighted by atomic mass is 19.1. The molecule has 2 heterocycles. The molecule has 1 aliphatic rings. The molecule has 1 fully saturated rings. The molecule has 4 nitrogen and oxygen atoms in total. The first-order valence-corrected chi connectivity index (χ1v) is 6.50. The van der Waals surface area contributed by atoms with Crippen LogP contribution in [0.3, 0.4) is 0 Å². The van der Waals surface area contributed by atoms with Gasteiger partial charge in [0.1, 0.15) is 5.82 Å². The number of hydrogen-bond donors (Lipinski definition) is 1. The highest BCUT2D eigenvalue weighted by Gasteiger charge is 2.23. The number of halogens is 1. The number of nitrogens with zero attached hydrogens (tertiary/aromatic N) is 2. The second-order valence-electron chi connectivity index (χ2n) is 4.69. The predicted octanol–water partition coefficient (Wildman–Crippen LogP) is 1.57. The van der Waals surface area contributed by atoms with Crippen LogP contribution in [-0.2, 0) is 4.79 Å². The van der Waals surface area contributed by atoms with E-state index in [1.807, 2.05) is 0 Å². The number of carbonyl (C=O) groups is 1. The van der Waals surface area contributed by atoms with E-state index in [0.29, 0.717) is 12.1 Å². The summed E-state index contributed by atoms with van der Waals surface area (Å²) in [5.41, 5.74) is 6.26. The monoisotopic (exact) mass is 263 g/mol. The van der Waals surface area contributed by atoms with E-state index in [1.165, 1.54) is 18.3 Å². The first-order valence-electron chi connectivity index (χ1n) is 6.50. The van der Waals surface area contributed by atoms with Crippen LogP contribution in [0.25, 0.3) is 6.08 Å². The Hall–Kier alpha value is -1.75. The Morgan fingerprint density at radius 3 is 3.11 bits per heavy atom. The lowest BCUT2D eigenvalue weighted by Gasteiger charge is -2.34. The average Bonchev–Trinajstić information content (AvgIpc) is 2.45. The fourth-order valence-corrected chi connectivity index (χ4v) is 2.32. The van der Waals surface area contributed by atoms with Crippen LogP contribution in [0.15, 0.2) is 24.5 Å². The molecule has 19 heavy (non-hydrogen) atoms. The molecule has 0 aromatic carbocycles. The molecule has 2 rings (SSSR count). The Bertz CT molecular complexity index is 476. The minimum atomic E-state index is -0.410. The summed E-state index contributed by atoms with van der Waals surface area (Å²) in [4.78, 5) is 17.6. The van der Waals surface area contributed by atoms with Gasteiger partial charge in [0.2, 0.25) is 5.91 Å². The number of likely N-dealkylation sites (tertiary alicyclic amines) is 1. The third-order valence-corrected chi connectivity index (χ3v) is 3.33. The van der Waals surface area contributed by atoms with Gasteiger partial charge in [-0.05, 0) is 37.0 Å². The SMILES string of the molecule is NCC1CCCCN1C(=O)/C=C/c1cncc(F)c1. The normalized spacial score (nSPS) is 19.9. The first kappa shape index (κ1) is 13.7. The zero-order valence-corrected chi connectivity index (χ0v) is 10.8. The fraction of sp³-hybridized carbons (Fsp3) is 0.429. The maximum Gasteiger partial charge on any atom is 0.246 e. The Morgan fingerprint density at radius 1 is 1.53 bits per heavy atom. The van der Waals surface area contributed by atoms with Crippen LogP contribution in [0.2, 0.25) is 0 Å². The van der Waals surface area contributed by atoms with Gasteiger partial charge >= 0.3 is 0 Å². The van der Waals surface area contributed by atoms with Crippen LogP contribution >= 0.6 is 0 Å². The van der Waals surface area contributed by atoms with Crippen LogP contribution in [0.4, 0.5) is 4.39 Å². The number of nitrogens with two attached hydrogens (primary N) is 1. The van der Waals surface area contributed by atoms with Gasteiger partial charge in [-0.25, -0.2) is 4.39 Å². The zero-order valence-electron chi connectivity index (χ0n) is 10.8. The molecule has 0 aliphatic carbocycles. The minimum Gasteiger partial charge on any atom is -0.335 e. The third kappa shape index (κ3) is 3.61. The molecule has 1 aliphatic heterocycles. The van der Waals surface area contributed by atoms with Gasteiger partial charge in [0.15, 0.2) is 0 Å². The molecule has 102 valence electrons. The van der Waals surface area contributed by atoms with Gasteiger partial charge in [-0.3, -0.25) is 9.78 Å². The molecule has 1 unspecified atom stereocenters. The molecule has 1 aromatic rings. The van der Waals surface area contributed by atoms with E-state index in [9.17, 15) is 9.18 Å². The summed E-state index contributed by atoms with van der Waals surface area (Å²) < 4.78 is 13.0. The Labute approximate surface area is 112 Å². The quantitative estimate of drug-likeness (QED) is 0.842. The van der Waals surface area contributed by atoms with Crippen molar-refractivity contribution in [2.24, 2.45) is 5.73 Å². The van der Waals surface area contributed by atoms with E-state index in [0.717, 1.165) is 32.0 Å². The topological polar surface area (TPSA) is 59.2 Å². The molecule has 1 saturated heterocycles. The van der Waals surface area contributed by atoms with Crippen molar-refractivity contribution < 1.29 is 9.18 Å². The van der Waals surface area contributed by atoms with Gasteiger partial charge in [0.25, 0.3) is 0 Å². The molecule has 1 atom stereocenters. The first-order chi connectivity index (χ1) is 9.20. The van der Waals surface area contributed by atoms with E-state index in [-0.39, 0.29) is 11.9 Å². The number of hydrogen-bond acceptors (Lipinski definition) is 3. The largest absolute Gasteiger partial charge is 0.335 e. The molecule has 0 spiro atoms. The van der Waals surface area contributed by atoms with E-state index in [4.69, 9.17) is 5.73 Å². The highest BCUT2D eigenvalue weighted by molar-refractivity contribution is 5.92. The lowest BCUT2D eigenvalue weighted by molar-refractivity contribution is -0.129. The van der Waals surface area contributed by atoms with E-state index in [1.54, 1.807) is 11.0 Å². The van der Waals surface area contributed by atoms with Crippen LogP contribution in [0.1, 0.15) is 24.8 Å². The van der Waals surface area contributed by atoms with Crippen LogP contribution in [0.5, 0.6) is 0 Å². The van der Waals surface area contributed by atoms with Crippen molar-refractivity contribution >= 4 is 12.0 Å². The lowest BCUT2D eigenvalue weighted by Crippen LogP contribution is -2.46. The van der Waals surface area contributed by atoms with Crippen molar-refractivity contribution in [3.05, 3.63) is 35.9 Å². The number of rotatable bonds is 3. The number of pyridine rings is 1. The van der Waals surface area contributed by atoms with Crippen LogP contribution in [0, 0.1) is 5.82 Å². The molecule has 0 radical (unpaired) electrons. The lowest BCUT2D eigenvalue weighted by atomic mass is 10.0. The number of amides is 1. The Balaban J connectivity index is 2.03. The van der Waals surface area contributed by atoms with Gasteiger partial charge in [-0.1, -0.05) is 0 Å². The van der Waals surface area contributed by atoms with Crippen LogP contribution in [-0.4, -0.2) is 34.9 Å². The molecular weight excluding hydrogens is 245 g/mol. The van der Waals surface area contributed by atoms with E-state index >= 15 is 0 Å². The molecule has 1 aromatic heterocycles. The van der Waals surface area contributed by atoms with Crippen molar-refractivity contribution in [1.82, 2.24) is 9.88 Å². The van der Waals surface area contributed by atoms with Gasteiger partial charge in [0, 0.05) is 31.4 Å². The molecule has 2 N–H and O–H groups in total. The van der Waals surface area contributed by atoms with Crippen molar-refractivity contribution in [2.75, 3.05) is 13.1 Å². The van der Waals surface area contributed by atoms with Crippen LogP contribution < -0.4 is 5.73 Å². The standard InChI is InChI=1S/C14H18FN3O/c15-12-7-11(9-17-10-12)4-5-14(19)18-6-2-1-3-13(18)8-16/h4-5,7,9-10,13H,1-3,6,8,16H2/b5-4+. The molecule has 1 amide bonds. The number of carbonyl (C=O) groups excluding carboxylic acids is 1. The fourth-order valence-electron chi connectivity index (χ4n) is 2.32. The zero-order chi connectivity index (χ0) is 13.7. The van der Waals surface area contributed by atoms with Crippen molar-refractivity contribution in [3.63, 3.8) is 0 Å². The van der Waals surface area contributed by atoms with Gasteiger partial charge in [0.05, 0.1) is 6.20 Å².